The molecular weight excluding hydrogens is 511 g/mol. The summed E-state index contributed by atoms with van der Waals surface area (Å²) in [5.41, 5.74) is 0.243. The topological polar surface area (TPSA) is 101 Å². The number of carbonyl (C=O) groups excluding carboxylic acids is 3. The Labute approximate surface area is 214 Å². The van der Waals surface area contributed by atoms with Crippen molar-refractivity contribution < 1.29 is 23.6 Å². The standard InChI is InChI=1S/C24H22ClFN4O5S/c1-35-24(34)18-12-15(27-23(33)19-9-10-20(25)36-19)13-28(18)14-22(32)30(26)17-7-5-16(6-8-17)29-11-3-2-4-21(29)31/h2-11,15,18H,12-14H2,1H3,(H,27,33)/t15-,18+/m1/s1. The maximum atomic E-state index is 14.9. The summed E-state index contributed by atoms with van der Waals surface area (Å²) in [4.78, 5) is 51.4. The van der Waals surface area contributed by atoms with Crippen molar-refractivity contribution in [1.29, 1.82) is 0 Å². The minimum absolute atomic E-state index is 0.00849. The van der Waals surface area contributed by atoms with E-state index in [-0.39, 0.29) is 35.2 Å². The van der Waals surface area contributed by atoms with Crippen LogP contribution >= 0.6 is 22.9 Å². The lowest BCUT2D eigenvalue weighted by molar-refractivity contribution is -0.146. The Morgan fingerprint density at radius 2 is 1.92 bits per heavy atom. The molecule has 3 heterocycles. The molecule has 0 spiro atoms. The highest BCUT2D eigenvalue weighted by atomic mass is 35.5. The van der Waals surface area contributed by atoms with Gasteiger partial charge >= 0.3 is 5.97 Å². The number of nitrogens with one attached hydrogen (secondary N) is 1. The van der Waals surface area contributed by atoms with Gasteiger partial charge in [-0.1, -0.05) is 22.1 Å². The lowest BCUT2D eigenvalue weighted by Crippen LogP contribution is -2.43. The molecule has 2 aromatic heterocycles. The molecule has 0 unspecified atom stereocenters. The van der Waals surface area contributed by atoms with Crippen molar-refractivity contribution in [2.75, 3.05) is 25.3 Å². The predicted octanol–water partition coefficient (Wildman–Crippen LogP) is 2.82. The SMILES string of the molecule is COC(=O)[C@@H]1C[C@@H](NC(=O)c2ccc(Cl)s2)CN1CC(=O)N(F)c1ccc(-n2ccccc2=O)cc1. The van der Waals surface area contributed by atoms with Gasteiger partial charge in [0.1, 0.15) is 6.04 Å². The summed E-state index contributed by atoms with van der Waals surface area (Å²) in [6.07, 6.45) is 1.79. The summed E-state index contributed by atoms with van der Waals surface area (Å²) in [6.45, 7) is -0.257. The number of rotatable bonds is 7. The predicted molar refractivity (Wildman–Crippen MR) is 133 cm³/mol. The Balaban J connectivity index is 1.42. The highest BCUT2D eigenvalue weighted by molar-refractivity contribution is 7.18. The van der Waals surface area contributed by atoms with Crippen LogP contribution in [0.4, 0.5) is 10.2 Å². The largest absolute Gasteiger partial charge is 0.468 e. The van der Waals surface area contributed by atoms with Gasteiger partial charge in [0.05, 0.1) is 28.6 Å². The Hall–Kier alpha value is -3.54. The molecule has 9 nitrogen and oxygen atoms in total. The number of anilines is 1. The van der Waals surface area contributed by atoms with Crippen LogP contribution in [-0.2, 0) is 14.3 Å². The lowest BCUT2D eigenvalue weighted by Gasteiger charge is -2.23. The molecule has 2 atom stereocenters. The molecule has 188 valence electrons. The van der Waals surface area contributed by atoms with E-state index < -0.39 is 30.5 Å². The zero-order chi connectivity index (χ0) is 25.8. The number of hydrogen-bond acceptors (Lipinski definition) is 7. The number of likely N-dealkylation sites (tertiary alicyclic amines) is 1. The van der Waals surface area contributed by atoms with E-state index >= 15 is 0 Å². The summed E-state index contributed by atoms with van der Waals surface area (Å²) in [7, 11) is 1.23. The molecule has 0 radical (unpaired) electrons. The maximum Gasteiger partial charge on any atom is 0.323 e. The van der Waals surface area contributed by atoms with Crippen LogP contribution in [-0.4, -0.2) is 59.5 Å². The molecule has 1 saturated heterocycles. The second-order valence-corrected chi connectivity index (χ2v) is 9.79. The van der Waals surface area contributed by atoms with Crippen LogP contribution < -0.4 is 16.0 Å². The van der Waals surface area contributed by atoms with Gasteiger partial charge in [-0.3, -0.25) is 28.6 Å². The number of ether oxygens (including phenoxy) is 1. The van der Waals surface area contributed by atoms with Crippen LogP contribution in [0, 0.1) is 0 Å². The fourth-order valence-electron chi connectivity index (χ4n) is 4.02. The van der Waals surface area contributed by atoms with Crippen LogP contribution in [0.1, 0.15) is 16.1 Å². The molecule has 1 N–H and O–H groups in total. The quantitative estimate of drug-likeness (QED) is 0.371. The molecule has 12 heteroatoms. The average molecular weight is 533 g/mol. The fraction of sp³-hybridized carbons (Fsp3) is 0.250. The van der Waals surface area contributed by atoms with Crippen LogP contribution in [0.2, 0.25) is 4.34 Å². The van der Waals surface area contributed by atoms with Gasteiger partial charge < -0.3 is 10.1 Å². The van der Waals surface area contributed by atoms with Crippen molar-refractivity contribution in [3.63, 3.8) is 0 Å². The van der Waals surface area contributed by atoms with Crippen molar-refractivity contribution in [3.8, 4) is 5.69 Å². The van der Waals surface area contributed by atoms with Gasteiger partial charge in [0.25, 0.3) is 17.4 Å². The first-order chi connectivity index (χ1) is 17.3. The lowest BCUT2D eigenvalue weighted by atomic mass is 10.1. The van der Waals surface area contributed by atoms with Crippen molar-refractivity contribution in [2.24, 2.45) is 0 Å². The number of amides is 2. The van der Waals surface area contributed by atoms with Crippen LogP contribution in [0.15, 0.2) is 65.6 Å². The number of methoxy groups -OCH3 is 1. The number of halogens is 2. The van der Waals surface area contributed by atoms with E-state index in [4.69, 9.17) is 16.3 Å². The van der Waals surface area contributed by atoms with Crippen molar-refractivity contribution in [1.82, 2.24) is 14.8 Å². The van der Waals surface area contributed by atoms with Gasteiger partial charge in [0.15, 0.2) is 0 Å². The first kappa shape index (κ1) is 25.5. The molecule has 2 amide bonds. The van der Waals surface area contributed by atoms with Gasteiger partial charge in [-0.25, -0.2) is 0 Å². The highest BCUT2D eigenvalue weighted by Crippen LogP contribution is 2.24. The van der Waals surface area contributed by atoms with Crippen LogP contribution in [0.5, 0.6) is 0 Å². The van der Waals surface area contributed by atoms with Gasteiger partial charge in [0.2, 0.25) is 0 Å². The summed E-state index contributed by atoms with van der Waals surface area (Å²) < 4.78 is 21.6. The number of hydrogen-bond donors (Lipinski definition) is 1. The number of thiophene rings is 1. The Morgan fingerprint density at radius 3 is 2.56 bits per heavy atom. The molecule has 3 aromatic rings. The summed E-state index contributed by atoms with van der Waals surface area (Å²) >= 11 is 7.01. The second-order valence-electron chi connectivity index (χ2n) is 8.08. The molecule has 0 aliphatic carbocycles. The van der Waals surface area contributed by atoms with Gasteiger partial charge in [-0.15, -0.1) is 16.5 Å². The summed E-state index contributed by atoms with van der Waals surface area (Å²) in [5, 5.41) is 2.82. The van der Waals surface area contributed by atoms with Crippen LogP contribution in [0.3, 0.4) is 0 Å². The van der Waals surface area contributed by atoms with Gasteiger partial charge in [-0.05, 0) is 48.9 Å². The number of benzene rings is 1. The molecule has 1 aliphatic rings. The number of pyridine rings is 1. The van der Waals surface area contributed by atoms with Gasteiger partial charge in [0, 0.05) is 30.5 Å². The number of nitrogens with zero attached hydrogens (tertiary/aromatic N) is 3. The zero-order valence-corrected chi connectivity index (χ0v) is 20.7. The Bertz CT molecular complexity index is 1330. The Morgan fingerprint density at radius 1 is 1.17 bits per heavy atom. The minimum atomic E-state index is -0.898. The molecule has 4 rings (SSSR count). The molecular formula is C24H22ClFN4O5S. The molecule has 0 saturated carbocycles. The molecule has 1 aromatic carbocycles. The van der Waals surface area contributed by atoms with E-state index in [9.17, 15) is 23.7 Å². The van der Waals surface area contributed by atoms with Gasteiger partial charge in [-0.2, -0.15) is 0 Å². The molecule has 1 fully saturated rings. The van der Waals surface area contributed by atoms with Crippen molar-refractivity contribution in [3.05, 3.63) is 80.4 Å². The molecule has 0 bridgehead atoms. The van der Waals surface area contributed by atoms with Crippen LogP contribution in [0.25, 0.3) is 5.69 Å². The number of carbonyl (C=O) groups is 3. The third kappa shape index (κ3) is 5.64. The average Bonchev–Trinajstić information content (AvgIpc) is 3.49. The molecule has 1 aliphatic heterocycles. The second kappa shape index (κ2) is 11.0. The fourth-order valence-corrected chi connectivity index (χ4v) is 4.97. The number of esters is 1. The summed E-state index contributed by atoms with van der Waals surface area (Å²) in [5.74, 6) is -1.83. The van der Waals surface area contributed by atoms with Crippen molar-refractivity contribution in [2.45, 2.75) is 18.5 Å². The number of aromatic nitrogens is 1. The normalized spacial score (nSPS) is 17.5. The smallest absolute Gasteiger partial charge is 0.323 e. The van der Waals surface area contributed by atoms with E-state index in [0.717, 1.165) is 11.3 Å². The Kier molecular flexibility index (Phi) is 7.82. The third-order valence-corrected chi connectivity index (χ3v) is 6.97. The van der Waals surface area contributed by atoms with E-state index in [0.29, 0.717) is 14.9 Å². The zero-order valence-electron chi connectivity index (χ0n) is 19.1. The first-order valence-corrected chi connectivity index (χ1v) is 12.1. The van der Waals surface area contributed by atoms with Crippen molar-refractivity contribution >= 4 is 46.4 Å². The first-order valence-electron chi connectivity index (χ1n) is 10.9. The van der Waals surface area contributed by atoms with E-state index in [2.05, 4.69) is 5.32 Å². The highest BCUT2D eigenvalue weighted by Gasteiger charge is 2.40. The van der Waals surface area contributed by atoms with E-state index in [1.54, 1.807) is 30.5 Å². The van der Waals surface area contributed by atoms with E-state index in [1.165, 1.54) is 46.9 Å². The molecule has 36 heavy (non-hydrogen) atoms. The monoisotopic (exact) mass is 532 g/mol. The van der Waals surface area contributed by atoms with E-state index in [1.807, 2.05) is 0 Å². The minimum Gasteiger partial charge on any atom is -0.468 e. The summed E-state index contributed by atoms with van der Waals surface area (Å²) in [6, 6.07) is 12.4. The third-order valence-electron chi connectivity index (χ3n) is 5.74. The maximum absolute atomic E-state index is 14.9.